The quantitative estimate of drug-likeness (QED) is 0.289. The van der Waals surface area contributed by atoms with E-state index in [4.69, 9.17) is 14.2 Å². The van der Waals surface area contributed by atoms with Gasteiger partial charge in [0.05, 0.1) is 6.61 Å². The SMILES string of the molecule is CC(C)(C)OC(=O)NCCCN(CCCCOc1ccc(C2=N[C@@](C)(C(=O)O)CS2)c(O)c1)C(=O)OC(C)(C)C. The largest absolute Gasteiger partial charge is 0.507 e. The van der Waals surface area contributed by atoms with Crippen LogP contribution in [0.3, 0.4) is 0 Å². The Morgan fingerprint density at radius 2 is 1.70 bits per heavy atom. The summed E-state index contributed by atoms with van der Waals surface area (Å²) in [6, 6.07) is 4.86. The van der Waals surface area contributed by atoms with Crippen LogP contribution in [0.4, 0.5) is 9.59 Å². The van der Waals surface area contributed by atoms with Crippen molar-refractivity contribution in [3.8, 4) is 11.5 Å². The monoisotopic (exact) mass is 581 g/mol. The third kappa shape index (κ3) is 11.1. The first kappa shape index (κ1) is 33.1. The van der Waals surface area contributed by atoms with Gasteiger partial charge in [-0.05, 0) is 79.9 Å². The van der Waals surface area contributed by atoms with Crippen LogP contribution in [-0.4, -0.2) is 87.0 Å². The van der Waals surface area contributed by atoms with Gasteiger partial charge in [-0.3, -0.25) is 4.99 Å². The summed E-state index contributed by atoms with van der Waals surface area (Å²) in [5.74, 6) is -0.259. The number of thioether (sulfide) groups is 1. The minimum Gasteiger partial charge on any atom is -0.507 e. The molecule has 0 aromatic heterocycles. The minimum atomic E-state index is -1.20. The fourth-order valence-corrected chi connectivity index (χ4v) is 4.72. The number of aromatic hydroxyl groups is 1. The zero-order chi connectivity index (χ0) is 30.1. The summed E-state index contributed by atoms with van der Waals surface area (Å²) in [6.07, 6.45) is 0.927. The fraction of sp³-hybridized carbons (Fsp3) is 0.643. The summed E-state index contributed by atoms with van der Waals surface area (Å²) in [5, 5.41) is 23.0. The van der Waals surface area contributed by atoms with E-state index in [1.807, 2.05) is 20.8 Å². The van der Waals surface area contributed by atoms with E-state index in [0.29, 0.717) is 67.6 Å². The van der Waals surface area contributed by atoms with E-state index in [1.165, 1.54) is 17.8 Å². The van der Waals surface area contributed by atoms with Crippen LogP contribution < -0.4 is 10.1 Å². The van der Waals surface area contributed by atoms with E-state index in [0.717, 1.165) is 0 Å². The summed E-state index contributed by atoms with van der Waals surface area (Å²) in [5.41, 5.74) is -1.94. The molecule has 40 heavy (non-hydrogen) atoms. The molecule has 1 atom stereocenters. The van der Waals surface area contributed by atoms with E-state index >= 15 is 0 Å². The first-order chi connectivity index (χ1) is 18.5. The summed E-state index contributed by atoms with van der Waals surface area (Å²) in [6.45, 7) is 13.9. The first-order valence-corrected chi connectivity index (χ1v) is 14.3. The number of rotatable bonds is 12. The number of carbonyl (C=O) groups excluding carboxylic acids is 2. The van der Waals surface area contributed by atoms with Crippen molar-refractivity contribution in [1.82, 2.24) is 10.2 Å². The van der Waals surface area contributed by atoms with Crippen LogP contribution in [0.5, 0.6) is 11.5 Å². The van der Waals surface area contributed by atoms with Gasteiger partial charge in [-0.2, -0.15) is 0 Å². The number of aliphatic imine (C=N–C) groups is 1. The molecule has 1 aliphatic heterocycles. The van der Waals surface area contributed by atoms with Gasteiger partial charge in [0.1, 0.15) is 27.7 Å². The van der Waals surface area contributed by atoms with Crippen LogP contribution in [0.1, 0.15) is 73.3 Å². The molecule has 0 fully saturated rings. The van der Waals surface area contributed by atoms with Crippen LogP contribution in [0, 0.1) is 0 Å². The number of phenols is 1. The molecule has 0 bridgehead atoms. The number of benzene rings is 1. The highest BCUT2D eigenvalue weighted by Crippen LogP contribution is 2.35. The number of carboxylic acids is 1. The van der Waals surface area contributed by atoms with Gasteiger partial charge in [-0.25, -0.2) is 14.4 Å². The van der Waals surface area contributed by atoms with E-state index in [2.05, 4.69) is 10.3 Å². The molecule has 1 aliphatic rings. The number of hydrogen-bond donors (Lipinski definition) is 3. The van der Waals surface area contributed by atoms with Crippen molar-refractivity contribution >= 4 is 35.0 Å². The molecule has 1 aromatic rings. The average Bonchev–Trinajstić information content (AvgIpc) is 3.21. The zero-order valence-corrected chi connectivity index (χ0v) is 25.4. The molecule has 224 valence electrons. The molecule has 0 spiro atoms. The number of ether oxygens (including phenoxy) is 3. The van der Waals surface area contributed by atoms with Gasteiger partial charge in [0.2, 0.25) is 0 Å². The van der Waals surface area contributed by atoms with Gasteiger partial charge in [0.25, 0.3) is 0 Å². The predicted molar refractivity (Wildman–Crippen MR) is 155 cm³/mol. The van der Waals surface area contributed by atoms with Crippen molar-refractivity contribution in [1.29, 1.82) is 0 Å². The molecule has 1 aromatic carbocycles. The van der Waals surface area contributed by atoms with Crippen molar-refractivity contribution in [2.45, 2.75) is 84.5 Å². The maximum atomic E-state index is 12.7. The van der Waals surface area contributed by atoms with Crippen LogP contribution in [0.2, 0.25) is 0 Å². The van der Waals surface area contributed by atoms with Crippen molar-refractivity contribution in [2.24, 2.45) is 4.99 Å². The highest BCUT2D eigenvalue weighted by atomic mass is 32.2. The number of carboxylic acid groups (broad SMARTS) is 1. The molecule has 0 saturated heterocycles. The molecule has 0 saturated carbocycles. The Morgan fingerprint density at radius 1 is 1.05 bits per heavy atom. The second kappa shape index (κ2) is 14.0. The minimum absolute atomic E-state index is 0.0329. The highest BCUT2D eigenvalue weighted by molar-refractivity contribution is 8.14. The number of nitrogens with one attached hydrogen (secondary N) is 1. The second-order valence-corrected chi connectivity index (χ2v) is 12.7. The Bertz CT molecular complexity index is 1080. The van der Waals surface area contributed by atoms with Crippen LogP contribution in [0.25, 0.3) is 0 Å². The lowest BCUT2D eigenvalue weighted by Crippen LogP contribution is -2.39. The Kier molecular flexibility index (Phi) is 11.5. The molecule has 0 aliphatic carbocycles. The highest BCUT2D eigenvalue weighted by Gasteiger charge is 2.39. The van der Waals surface area contributed by atoms with Gasteiger partial charge in [0.15, 0.2) is 5.54 Å². The summed E-state index contributed by atoms with van der Waals surface area (Å²) in [7, 11) is 0. The van der Waals surface area contributed by atoms with E-state index < -0.39 is 34.9 Å². The number of phenolic OH excluding ortho intramolecular Hbond substituents is 1. The number of hydrogen-bond acceptors (Lipinski definition) is 9. The van der Waals surface area contributed by atoms with Gasteiger partial charge < -0.3 is 34.6 Å². The lowest BCUT2D eigenvalue weighted by molar-refractivity contribution is -0.141. The number of amides is 2. The molecule has 3 N–H and O–H groups in total. The Hall–Kier alpha value is -3.15. The number of nitrogens with zero attached hydrogens (tertiary/aromatic N) is 2. The molecule has 2 amide bonds. The topological polar surface area (TPSA) is 147 Å². The van der Waals surface area contributed by atoms with Gasteiger partial charge in [0, 0.05) is 37.0 Å². The average molecular weight is 582 g/mol. The molecular weight excluding hydrogens is 538 g/mol. The van der Waals surface area contributed by atoms with Crippen molar-refractivity contribution in [2.75, 3.05) is 32.0 Å². The Balaban J connectivity index is 1.83. The number of unbranched alkanes of at least 4 members (excludes halogenated alkanes) is 1. The van der Waals surface area contributed by atoms with E-state index in [-0.39, 0.29) is 5.75 Å². The first-order valence-electron chi connectivity index (χ1n) is 13.4. The summed E-state index contributed by atoms with van der Waals surface area (Å²) >= 11 is 1.29. The van der Waals surface area contributed by atoms with Crippen LogP contribution in [-0.2, 0) is 14.3 Å². The van der Waals surface area contributed by atoms with Crippen molar-refractivity contribution in [3.63, 3.8) is 0 Å². The third-order valence-electron chi connectivity index (χ3n) is 5.51. The predicted octanol–water partition coefficient (Wildman–Crippen LogP) is 5.04. The van der Waals surface area contributed by atoms with E-state index in [9.17, 15) is 24.6 Å². The molecule has 0 radical (unpaired) electrons. The van der Waals surface area contributed by atoms with Gasteiger partial charge >= 0.3 is 18.2 Å². The molecule has 12 heteroatoms. The standard InChI is InChI=1S/C28H43N3O8S/c1-26(2,3)38-24(35)29-13-10-15-31(25(36)39-27(4,5)6)14-8-9-16-37-19-11-12-20(21(32)17-19)22-30-28(7,18-40-22)23(33)34/h11-12,17,32H,8-10,13-16,18H2,1-7H3,(H,29,35)(H,33,34)/t28-/m1/s1. The number of carbonyl (C=O) groups is 3. The van der Waals surface area contributed by atoms with Crippen molar-refractivity contribution in [3.05, 3.63) is 23.8 Å². The zero-order valence-electron chi connectivity index (χ0n) is 24.5. The molecule has 11 nitrogen and oxygen atoms in total. The maximum absolute atomic E-state index is 12.7. The fourth-order valence-electron chi connectivity index (χ4n) is 3.52. The molecule has 2 rings (SSSR count). The normalized spacial score (nSPS) is 17.1. The van der Waals surface area contributed by atoms with Crippen LogP contribution >= 0.6 is 11.8 Å². The molecule has 0 unspecified atom stereocenters. The second-order valence-electron chi connectivity index (χ2n) is 11.8. The van der Waals surface area contributed by atoms with Gasteiger partial charge in [-0.1, -0.05) is 0 Å². The summed E-state index contributed by atoms with van der Waals surface area (Å²) in [4.78, 5) is 41.9. The number of alkyl carbamates (subject to hydrolysis) is 1. The maximum Gasteiger partial charge on any atom is 0.410 e. The smallest absolute Gasteiger partial charge is 0.410 e. The van der Waals surface area contributed by atoms with E-state index in [1.54, 1.807) is 44.7 Å². The Labute approximate surface area is 240 Å². The lowest BCUT2D eigenvalue weighted by Gasteiger charge is -2.27. The van der Waals surface area contributed by atoms with Gasteiger partial charge in [-0.15, -0.1) is 11.8 Å². The van der Waals surface area contributed by atoms with Crippen LogP contribution in [0.15, 0.2) is 23.2 Å². The number of aliphatic carboxylic acids is 1. The lowest BCUT2D eigenvalue weighted by atomic mass is 10.1. The Morgan fingerprint density at radius 3 is 2.27 bits per heavy atom. The molecular formula is C28H43N3O8S. The van der Waals surface area contributed by atoms with Crippen molar-refractivity contribution < 1.29 is 38.8 Å². The third-order valence-corrected chi connectivity index (χ3v) is 6.81. The molecule has 1 heterocycles. The summed E-state index contributed by atoms with van der Waals surface area (Å²) < 4.78 is 16.5.